The zero-order chi connectivity index (χ0) is 12.4. The fourth-order valence-corrected chi connectivity index (χ4v) is 2.18. The quantitative estimate of drug-likeness (QED) is 0.632. The average molecular weight is 247 g/mol. The van der Waals surface area contributed by atoms with Crippen LogP contribution in [0.15, 0.2) is 0 Å². The molecule has 1 amide bonds. The van der Waals surface area contributed by atoms with Gasteiger partial charge in [0.1, 0.15) is 0 Å². The molecule has 0 aromatic rings. The van der Waals surface area contributed by atoms with Crippen molar-refractivity contribution in [3.63, 3.8) is 0 Å². The van der Waals surface area contributed by atoms with Crippen LogP contribution >= 0.6 is 11.8 Å². The van der Waals surface area contributed by atoms with Crippen LogP contribution in [0.1, 0.15) is 33.1 Å². The van der Waals surface area contributed by atoms with Crippen LogP contribution in [0, 0.1) is 0 Å². The fourth-order valence-electron chi connectivity index (χ4n) is 1.19. The second-order valence-electron chi connectivity index (χ2n) is 3.52. The number of amides is 1. The zero-order valence-corrected chi connectivity index (χ0v) is 10.9. The van der Waals surface area contributed by atoms with Gasteiger partial charge >= 0.3 is 5.97 Å². The summed E-state index contributed by atoms with van der Waals surface area (Å²) in [6.45, 7) is 4.89. The number of hydrogen-bond donors (Lipinski definition) is 1. The molecule has 0 saturated heterocycles. The molecule has 94 valence electrons. The molecule has 0 aromatic heterocycles. The van der Waals surface area contributed by atoms with Gasteiger partial charge in [0, 0.05) is 13.1 Å². The molecule has 5 heteroatoms. The van der Waals surface area contributed by atoms with Crippen molar-refractivity contribution in [3.8, 4) is 0 Å². The van der Waals surface area contributed by atoms with Gasteiger partial charge in [-0.2, -0.15) is 11.8 Å². The molecule has 1 N–H and O–H groups in total. The second-order valence-corrected chi connectivity index (χ2v) is 4.63. The van der Waals surface area contributed by atoms with E-state index in [0.29, 0.717) is 18.8 Å². The Labute approximate surface area is 101 Å². The normalized spacial score (nSPS) is 10.1. The average Bonchev–Trinajstić information content (AvgIpc) is 2.25. The molecule has 0 saturated carbocycles. The lowest BCUT2D eigenvalue weighted by Crippen LogP contribution is -2.34. The van der Waals surface area contributed by atoms with Crippen LogP contribution in [0.5, 0.6) is 0 Å². The van der Waals surface area contributed by atoms with E-state index in [1.165, 1.54) is 0 Å². The van der Waals surface area contributed by atoms with Crippen molar-refractivity contribution in [1.29, 1.82) is 0 Å². The van der Waals surface area contributed by atoms with Crippen molar-refractivity contribution < 1.29 is 14.7 Å². The van der Waals surface area contributed by atoms with E-state index in [4.69, 9.17) is 5.11 Å². The van der Waals surface area contributed by atoms with Gasteiger partial charge in [-0.1, -0.05) is 13.3 Å². The minimum atomic E-state index is -0.857. The Hall–Kier alpha value is -0.710. The SMILES string of the molecule is CCCCSCC(=O)N(CC)CCC(=O)O. The molecule has 0 aliphatic heterocycles. The van der Waals surface area contributed by atoms with E-state index in [0.717, 1.165) is 18.6 Å². The highest BCUT2D eigenvalue weighted by Crippen LogP contribution is 2.06. The van der Waals surface area contributed by atoms with Crippen LogP contribution in [-0.4, -0.2) is 46.5 Å². The summed E-state index contributed by atoms with van der Waals surface area (Å²) >= 11 is 1.63. The highest BCUT2D eigenvalue weighted by Gasteiger charge is 2.12. The molecule has 0 spiro atoms. The van der Waals surface area contributed by atoms with Crippen molar-refractivity contribution in [2.75, 3.05) is 24.6 Å². The van der Waals surface area contributed by atoms with Gasteiger partial charge in [-0.15, -0.1) is 0 Å². The lowest BCUT2D eigenvalue weighted by Gasteiger charge is -2.19. The molecule has 16 heavy (non-hydrogen) atoms. The number of carbonyl (C=O) groups is 2. The molecule has 0 unspecified atom stereocenters. The first-order valence-corrected chi connectivity index (χ1v) is 6.84. The monoisotopic (exact) mass is 247 g/mol. The van der Waals surface area contributed by atoms with Crippen molar-refractivity contribution >= 4 is 23.6 Å². The Morgan fingerprint density at radius 1 is 1.31 bits per heavy atom. The zero-order valence-electron chi connectivity index (χ0n) is 10.1. The van der Waals surface area contributed by atoms with Gasteiger partial charge in [0.2, 0.25) is 5.91 Å². The Bertz CT molecular complexity index is 221. The fraction of sp³-hybridized carbons (Fsp3) is 0.818. The molecule has 0 bridgehead atoms. The van der Waals surface area contributed by atoms with E-state index < -0.39 is 5.97 Å². The van der Waals surface area contributed by atoms with Gasteiger partial charge in [0.25, 0.3) is 0 Å². The number of aliphatic carboxylic acids is 1. The van der Waals surface area contributed by atoms with Crippen LogP contribution in [0.2, 0.25) is 0 Å². The summed E-state index contributed by atoms with van der Waals surface area (Å²) in [7, 11) is 0. The number of unbranched alkanes of at least 4 members (excludes halogenated alkanes) is 1. The summed E-state index contributed by atoms with van der Waals surface area (Å²) in [6, 6.07) is 0. The number of hydrogen-bond acceptors (Lipinski definition) is 3. The maximum atomic E-state index is 11.7. The summed E-state index contributed by atoms with van der Waals surface area (Å²) in [5, 5.41) is 8.54. The smallest absolute Gasteiger partial charge is 0.305 e. The maximum absolute atomic E-state index is 11.7. The molecule has 0 heterocycles. The van der Waals surface area contributed by atoms with Crippen LogP contribution < -0.4 is 0 Å². The first-order valence-electron chi connectivity index (χ1n) is 5.69. The van der Waals surface area contributed by atoms with Crippen molar-refractivity contribution in [2.24, 2.45) is 0 Å². The number of thioether (sulfide) groups is 1. The van der Waals surface area contributed by atoms with E-state index >= 15 is 0 Å². The highest BCUT2D eigenvalue weighted by molar-refractivity contribution is 7.99. The van der Waals surface area contributed by atoms with Crippen LogP contribution in [0.4, 0.5) is 0 Å². The van der Waals surface area contributed by atoms with Gasteiger partial charge in [0.15, 0.2) is 0 Å². The summed E-state index contributed by atoms with van der Waals surface area (Å²) < 4.78 is 0. The minimum absolute atomic E-state index is 0.0270. The van der Waals surface area contributed by atoms with Crippen LogP contribution in [0.3, 0.4) is 0 Å². The van der Waals surface area contributed by atoms with Crippen molar-refractivity contribution in [3.05, 3.63) is 0 Å². The summed E-state index contributed by atoms with van der Waals surface area (Å²) in [4.78, 5) is 23.7. The Balaban J connectivity index is 3.77. The molecule has 0 fully saturated rings. The number of nitrogens with zero attached hydrogens (tertiary/aromatic N) is 1. The predicted octanol–water partition coefficient (Wildman–Crippen LogP) is 1.84. The summed E-state index contributed by atoms with van der Waals surface area (Å²) in [5.41, 5.74) is 0. The summed E-state index contributed by atoms with van der Waals surface area (Å²) in [6.07, 6.45) is 2.29. The van der Waals surface area contributed by atoms with E-state index in [9.17, 15) is 9.59 Å². The van der Waals surface area contributed by atoms with Crippen LogP contribution in [-0.2, 0) is 9.59 Å². The Morgan fingerprint density at radius 2 is 2.00 bits per heavy atom. The maximum Gasteiger partial charge on any atom is 0.305 e. The Morgan fingerprint density at radius 3 is 2.50 bits per heavy atom. The van der Waals surface area contributed by atoms with E-state index in [1.54, 1.807) is 16.7 Å². The predicted molar refractivity (Wildman–Crippen MR) is 66.7 cm³/mol. The molecule has 0 rings (SSSR count). The van der Waals surface area contributed by atoms with E-state index in [1.807, 2.05) is 6.92 Å². The summed E-state index contributed by atoms with van der Waals surface area (Å²) in [5.74, 6) is 0.654. The van der Waals surface area contributed by atoms with E-state index in [-0.39, 0.29) is 12.3 Å². The topological polar surface area (TPSA) is 57.6 Å². The molecule has 0 radical (unpaired) electrons. The van der Waals surface area contributed by atoms with E-state index in [2.05, 4.69) is 6.92 Å². The highest BCUT2D eigenvalue weighted by atomic mass is 32.2. The lowest BCUT2D eigenvalue weighted by molar-refractivity contribution is -0.138. The lowest BCUT2D eigenvalue weighted by atomic mass is 10.4. The third-order valence-corrected chi connectivity index (χ3v) is 3.23. The number of carboxylic acid groups (broad SMARTS) is 1. The standard InChI is InChI=1S/C11H21NO3S/c1-3-5-8-16-9-10(13)12(4-2)7-6-11(14)15/h3-9H2,1-2H3,(H,14,15). The third-order valence-electron chi connectivity index (χ3n) is 2.20. The van der Waals surface area contributed by atoms with Crippen LogP contribution in [0.25, 0.3) is 0 Å². The molecule has 0 aliphatic carbocycles. The number of rotatable bonds is 9. The molecular formula is C11H21NO3S. The first-order chi connectivity index (χ1) is 7.61. The molecule has 4 nitrogen and oxygen atoms in total. The number of carboxylic acids is 1. The Kier molecular flexibility index (Phi) is 9.09. The largest absolute Gasteiger partial charge is 0.481 e. The van der Waals surface area contributed by atoms with Gasteiger partial charge in [0.05, 0.1) is 12.2 Å². The van der Waals surface area contributed by atoms with Gasteiger partial charge in [-0.05, 0) is 19.1 Å². The first kappa shape index (κ1) is 15.3. The van der Waals surface area contributed by atoms with Gasteiger partial charge in [-0.3, -0.25) is 9.59 Å². The number of carbonyl (C=O) groups excluding carboxylic acids is 1. The molecular weight excluding hydrogens is 226 g/mol. The second kappa shape index (κ2) is 9.51. The van der Waals surface area contributed by atoms with Gasteiger partial charge < -0.3 is 10.0 Å². The van der Waals surface area contributed by atoms with Crippen molar-refractivity contribution in [2.45, 2.75) is 33.1 Å². The molecule has 0 aromatic carbocycles. The molecule has 0 atom stereocenters. The third kappa shape index (κ3) is 7.56. The van der Waals surface area contributed by atoms with Crippen molar-refractivity contribution in [1.82, 2.24) is 4.90 Å². The molecule has 0 aliphatic rings. The van der Waals surface area contributed by atoms with Gasteiger partial charge in [-0.25, -0.2) is 0 Å². The minimum Gasteiger partial charge on any atom is -0.481 e.